The lowest BCUT2D eigenvalue weighted by Crippen LogP contribution is -2.47. The molecule has 2 aromatic carbocycles. The maximum atomic E-state index is 13.7. The van der Waals surface area contributed by atoms with Crippen LogP contribution in [0.25, 0.3) is 0 Å². The molecule has 3 rings (SSSR count). The fourth-order valence-electron chi connectivity index (χ4n) is 6.59. The van der Waals surface area contributed by atoms with Gasteiger partial charge in [-0.05, 0) is 69.4 Å². The molecule has 4 atom stereocenters. The standard InChI is InChI=1S/C43H50N4O17/c1-24-6-4-8-25(20-24)39(58)44-19-3-2-7-28(42(61)62)23-33(49)31(13-18-38(56)57)46-41(60)27(11-16-36(52)53)22-32(48)30(12-17-37(54)55)45-40(59)26-9-5-10-29(21-26)43(63)64-47-34(50)14-15-35(47)51/h4-6,8-10,20-21,27-28,30-31H,2-3,7,11-19,22-23H2,1H3,(H,44,58)(H,45,59)(H,46,60)(H,52,53)(H,54,55)(H,56,57)(H,61,62)/t27-,28-,30+,31+/m0/s1. The van der Waals surface area contributed by atoms with Gasteiger partial charge in [0.05, 0.1) is 23.6 Å². The molecule has 21 nitrogen and oxygen atoms in total. The van der Waals surface area contributed by atoms with Crippen LogP contribution in [0.2, 0.25) is 0 Å². The predicted molar refractivity (Wildman–Crippen MR) is 218 cm³/mol. The van der Waals surface area contributed by atoms with Crippen molar-refractivity contribution in [2.24, 2.45) is 11.8 Å². The SMILES string of the molecule is Cc1cccc(C(=O)NCCCC[C@@H](CC(=O)[C@@H](CCC(=O)O)NC(=O)[C@@H](CCC(=O)O)CC(=O)[C@@H](CCC(=O)O)NC(=O)c2cccc(C(=O)ON3C(=O)CCC3=O)c2)C(=O)O)c1. The normalized spacial score (nSPS) is 14.0. The van der Waals surface area contributed by atoms with Gasteiger partial charge in [0.15, 0.2) is 11.6 Å². The lowest BCUT2D eigenvalue weighted by Gasteiger charge is -2.24. The number of unbranched alkanes of at least 4 members (excludes halogenated alkanes) is 1. The largest absolute Gasteiger partial charge is 0.481 e. The van der Waals surface area contributed by atoms with Crippen LogP contribution in [0.1, 0.15) is 120 Å². The first-order valence-corrected chi connectivity index (χ1v) is 20.3. The van der Waals surface area contributed by atoms with Crippen molar-refractivity contribution < 1.29 is 82.8 Å². The number of aryl methyl sites for hydroxylation is 1. The highest BCUT2D eigenvalue weighted by Gasteiger charge is 2.35. The zero-order valence-corrected chi connectivity index (χ0v) is 34.9. The van der Waals surface area contributed by atoms with Gasteiger partial charge in [-0.1, -0.05) is 30.2 Å². The van der Waals surface area contributed by atoms with Crippen LogP contribution in [0.5, 0.6) is 0 Å². The Labute approximate surface area is 365 Å². The Hall–Kier alpha value is -7.32. The second-order valence-electron chi connectivity index (χ2n) is 15.1. The molecule has 0 spiro atoms. The monoisotopic (exact) mass is 894 g/mol. The number of Topliss-reactive ketones (excluding diaryl/α,β-unsaturated/α-hetero) is 2. The third kappa shape index (κ3) is 16.9. The number of benzene rings is 2. The lowest BCUT2D eigenvalue weighted by molar-refractivity contribution is -0.172. The highest BCUT2D eigenvalue weighted by molar-refractivity contribution is 6.04. The Kier molecular flexibility index (Phi) is 19.9. The summed E-state index contributed by atoms with van der Waals surface area (Å²) in [5.41, 5.74) is 0.809. The number of carbonyl (C=O) groups is 12. The number of carbonyl (C=O) groups excluding carboxylic acids is 8. The summed E-state index contributed by atoms with van der Waals surface area (Å²) in [6.07, 6.45) is -4.66. The first-order valence-electron chi connectivity index (χ1n) is 20.3. The third-order valence-electron chi connectivity index (χ3n) is 10.1. The van der Waals surface area contributed by atoms with E-state index in [1.807, 2.05) is 13.0 Å². The fraction of sp³-hybridized carbons (Fsp3) is 0.442. The number of hydrogen-bond acceptors (Lipinski definition) is 13. The quantitative estimate of drug-likeness (QED) is 0.0476. The summed E-state index contributed by atoms with van der Waals surface area (Å²) in [5.74, 6) is -15.1. The molecule has 1 fully saturated rings. The lowest BCUT2D eigenvalue weighted by atomic mass is 9.89. The van der Waals surface area contributed by atoms with Crippen molar-refractivity contribution in [3.63, 3.8) is 0 Å². The summed E-state index contributed by atoms with van der Waals surface area (Å²) in [5, 5.41) is 45.7. The minimum atomic E-state index is -1.60. The molecule has 0 bridgehead atoms. The molecular formula is C43H50N4O17. The second kappa shape index (κ2) is 25.0. The van der Waals surface area contributed by atoms with Crippen molar-refractivity contribution in [3.8, 4) is 0 Å². The number of rotatable bonds is 28. The van der Waals surface area contributed by atoms with Gasteiger partial charge in [0.1, 0.15) is 0 Å². The molecule has 0 aromatic heterocycles. The summed E-state index contributed by atoms with van der Waals surface area (Å²) >= 11 is 0. The zero-order valence-electron chi connectivity index (χ0n) is 34.9. The van der Waals surface area contributed by atoms with Gasteiger partial charge >= 0.3 is 29.8 Å². The predicted octanol–water partition coefficient (Wildman–Crippen LogP) is 2.23. The van der Waals surface area contributed by atoms with Crippen molar-refractivity contribution in [3.05, 3.63) is 70.8 Å². The maximum Gasteiger partial charge on any atom is 0.363 e. The Morgan fingerprint density at radius 1 is 0.625 bits per heavy atom. The van der Waals surface area contributed by atoms with Gasteiger partial charge in [-0.3, -0.25) is 52.7 Å². The van der Waals surface area contributed by atoms with Crippen LogP contribution < -0.4 is 16.0 Å². The van der Waals surface area contributed by atoms with Gasteiger partial charge in [0, 0.05) is 68.5 Å². The number of aliphatic carboxylic acids is 4. The molecule has 1 saturated heterocycles. The zero-order chi connectivity index (χ0) is 47.5. The molecule has 0 aliphatic carbocycles. The van der Waals surface area contributed by atoms with Crippen LogP contribution >= 0.6 is 0 Å². The Morgan fingerprint density at radius 2 is 1.14 bits per heavy atom. The highest BCUT2D eigenvalue weighted by Crippen LogP contribution is 2.21. The molecule has 1 aliphatic rings. The second-order valence-corrected chi connectivity index (χ2v) is 15.1. The fourth-order valence-corrected chi connectivity index (χ4v) is 6.59. The number of amides is 5. The summed E-state index contributed by atoms with van der Waals surface area (Å²) in [6.45, 7) is 2.04. The molecule has 2 aromatic rings. The molecule has 7 N–H and O–H groups in total. The van der Waals surface area contributed by atoms with Crippen molar-refractivity contribution in [2.75, 3.05) is 6.54 Å². The van der Waals surface area contributed by atoms with Gasteiger partial charge in [-0.15, -0.1) is 5.06 Å². The molecular weight excluding hydrogens is 844 g/mol. The average molecular weight is 895 g/mol. The van der Waals surface area contributed by atoms with E-state index in [1.165, 1.54) is 18.2 Å². The number of nitrogens with one attached hydrogen (secondary N) is 3. The van der Waals surface area contributed by atoms with Crippen LogP contribution in [0, 0.1) is 18.8 Å². The van der Waals surface area contributed by atoms with Gasteiger partial charge in [0.25, 0.3) is 23.6 Å². The summed E-state index contributed by atoms with van der Waals surface area (Å²) in [7, 11) is 0. The van der Waals surface area contributed by atoms with Crippen LogP contribution in [-0.2, 0) is 48.0 Å². The van der Waals surface area contributed by atoms with E-state index >= 15 is 0 Å². The van der Waals surface area contributed by atoms with Gasteiger partial charge in [-0.25, -0.2) is 4.79 Å². The minimum absolute atomic E-state index is 0.0187. The van der Waals surface area contributed by atoms with E-state index in [1.54, 1.807) is 18.2 Å². The van der Waals surface area contributed by atoms with Crippen LogP contribution in [0.15, 0.2) is 48.5 Å². The van der Waals surface area contributed by atoms with E-state index < -0.39 is 140 Å². The number of ketones is 2. The Bertz CT molecular complexity index is 2120. The third-order valence-corrected chi connectivity index (χ3v) is 10.1. The first kappa shape index (κ1) is 51.0. The number of nitrogens with zero attached hydrogens (tertiary/aromatic N) is 1. The molecule has 1 aliphatic heterocycles. The molecule has 5 amide bonds. The molecule has 21 heteroatoms. The van der Waals surface area contributed by atoms with E-state index in [0.717, 1.165) is 11.6 Å². The van der Waals surface area contributed by atoms with Crippen molar-refractivity contribution in [1.82, 2.24) is 21.0 Å². The topological polar surface area (TPSA) is 334 Å². The van der Waals surface area contributed by atoms with Gasteiger partial charge in [0.2, 0.25) is 5.91 Å². The number of hydroxylamine groups is 2. The van der Waals surface area contributed by atoms with E-state index in [2.05, 4.69) is 16.0 Å². The number of carboxylic acids is 4. The van der Waals surface area contributed by atoms with Crippen molar-refractivity contribution >= 4 is 70.9 Å². The van der Waals surface area contributed by atoms with Crippen molar-refractivity contribution in [1.29, 1.82) is 0 Å². The van der Waals surface area contributed by atoms with E-state index in [0.29, 0.717) is 17.0 Å². The summed E-state index contributed by atoms with van der Waals surface area (Å²) in [6, 6.07) is 8.40. The van der Waals surface area contributed by atoms with E-state index in [-0.39, 0.29) is 49.3 Å². The number of carboxylic acid groups (broad SMARTS) is 4. The Morgan fingerprint density at radius 3 is 1.70 bits per heavy atom. The molecule has 344 valence electrons. The summed E-state index contributed by atoms with van der Waals surface area (Å²) in [4.78, 5) is 155. The smallest absolute Gasteiger partial charge is 0.363 e. The minimum Gasteiger partial charge on any atom is -0.481 e. The highest BCUT2D eigenvalue weighted by atomic mass is 16.7. The van der Waals surface area contributed by atoms with Gasteiger partial charge in [-0.2, -0.15) is 0 Å². The molecule has 64 heavy (non-hydrogen) atoms. The maximum absolute atomic E-state index is 13.7. The summed E-state index contributed by atoms with van der Waals surface area (Å²) < 4.78 is 0. The number of imide groups is 1. The van der Waals surface area contributed by atoms with Crippen LogP contribution in [0.4, 0.5) is 0 Å². The molecule has 0 saturated carbocycles. The Balaban J connectivity index is 1.72. The van der Waals surface area contributed by atoms with Crippen LogP contribution in [0.3, 0.4) is 0 Å². The number of hydrogen-bond donors (Lipinski definition) is 7. The molecule has 0 radical (unpaired) electrons. The van der Waals surface area contributed by atoms with Gasteiger partial charge < -0.3 is 41.2 Å². The van der Waals surface area contributed by atoms with Crippen LogP contribution in [-0.4, -0.2) is 115 Å². The van der Waals surface area contributed by atoms with E-state index in [9.17, 15) is 78.0 Å². The first-order chi connectivity index (χ1) is 30.2. The molecule has 0 unspecified atom stereocenters. The molecule has 1 heterocycles. The van der Waals surface area contributed by atoms with Crippen molar-refractivity contribution in [2.45, 2.75) is 102 Å². The van der Waals surface area contributed by atoms with E-state index in [4.69, 9.17) is 4.84 Å². The average Bonchev–Trinajstić information content (AvgIpc) is 3.56.